The van der Waals surface area contributed by atoms with Gasteiger partial charge in [-0.2, -0.15) is 0 Å². The zero-order valence-electron chi connectivity index (χ0n) is 8.29. The van der Waals surface area contributed by atoms with Crippen LogP contribution in [0.2, 0.25) is 0 Å². The van der Waals surface area contributed by atoms with Gasteiger partial charge >= 0.3 is 0 Å². The fourth-order valence-electron chi connectivity index (χ4n) is 1.14. The van der Waals surface area contributed by atoms with Gasteiger partial charge < -0.3 is 11.1 Å². The first-order valence-corrected chi connectivity index (χ1v) is 4.53. The number of nitrogens with zero attached hydrogens (tertiary/aromatic N) is 3. The first-order chi connectivity index (χ1) is 7.75. The summed E-state index contributed by atoms with van der Waals surface area (Å²) < 4.78 is 0. The number of carbonyl (C=O) groups is 1. The van der Waals surface area contributed by atoms with Crippen molar-refractivity contribution in [3.8, 4) is 0 Å². The van der Waals surface area contributed by atoms with Gasteiger partial charge in [0, 0.05) is 18.6 Å². The van der Waals surface area contributed by atoms with Crippen molar-refractivity contribution in [2.75, 3.05) is 11.1 Å². The lowest BCUT2D eigenvalue weighted by Gasteiger charge is -2.03. The van der Waals surface area contributed by atoms with E-state index in [1.54, 1.807) is 18.3 Å². The van der Waals surface area contributed by atoms with Gasteiger partial charge in [-0.25, -0.2) is 9.97 Å². The van der Waals surface area contributed by atoms with Gasteiger partial charge in [-0.15, -0.1) is 0 Å². The molecule has 0 aliphatic rings. The summed E-state index contributed by atoms with van der Waals surface area (Å²) in [6, 6.07) is 3.14. The molecule has 0 aliphatic carbocycles. The van der Waals surface area contributed by atoms with Crippen molar-refractivity contribution >= 4 is 17.4 Å². The van der Waals surface area contributed by atoms with Crippen LogP contribution in [0.15, 0.2) is 37.1 Å². The number of carbonyl (C=O) groups excluding carboxylic acids is 1. The SMILES string of the molecule is Nc1cncc(C(=O)Nc2ccncn2)c1. The van der Waals surface area contributed by atoms with E-state index < -0.39 is 0 Å². The molecule has 0 fully saturated rings. The van der Waals surface area contributed by atoms with Gasteiger partial charge in [0.15, 0.2) is 0 Å². The van der Waals surface area contributed by atoms with Crippen molar-refractivity contribution in [1.82, 2.24) is 15.0 Å². The number of nitrogens with one attached hydrogen (secondary N) is 1. The zero-order valence-corrected chi connectivity index (χ0v) is 8.29. The molecule has 6 nitrogen and oxygen atoms in total. The Hall–Kier alpha value is -2.50. The molecule has 0 unspecified atom stereocenters. The lowest BCUT2D eigenvalue weighted by Crippen LogP contribution is -2.13. The second-order valence-corrected chi connectivity index (χ2v) is 3.06. The van der Waals surface area contributed by atoms with E-state index in [-0.39, 0.29) is 5.91 Å². The highest BCUT2D eigenvalue weighted by Gasteiger charge is 2.06. The van der Waals surface area contributed by atoms with Gasteiger partial charge in [0.1, 0.15) is 12.1 Å². The summed E-state index contributed by atoms with van der Waals surface area (Å²) in [5, 5.41) is 2.60. The standard InChI is InChI=1S/C10H9N5O/c11-8-3-7(4-13-5-8)10(16)15-9-1-2-12-6-14-9/h1-6H,11H2,(H,12,14,15,16). The van der Waals surface area contributed by atoms with E-state index in [0.717, 1.165) is 0 Å². The average molecular weight is 215 g/mol. The highest BCUT2D eigenvalue weighted by Crippen LogP contribution is 2.07. The lowest BCUT2D eigenvalue weighted by atomic mass is 10.2. The van der Waals surface area contributed by atoms with Crippen molar-refractivity contribution < 1.29 is 4.79 Å². The maximum Gasteiger partial charge on any atom is 0.258 e. The van der Waals surface area contributed by atoms with Crippen LogP contribution in [0.3, 0.4) is 0 Å². The van der Waals surface area contributed by atoms with Crippen LogP contribution in [0.4, 0.5) is 11.5 Å². The van der Waals surface area contributed by atoms with Crippen LogP contribution >= 0.6 is 0 Å². The Balaban J connectivity index is 2.15. The van der Waals surface area contributed by atoms with E-state index in [9.17, 15) is 4.79 Å². The lowest BCUT2D eigenvalue weighted by molar-refractivity contribution is 0.102. The highest BCUT2D eigenvalue weighted by atomic mass is 16.1. The molecular weight excluding hydrogens is 206 g/mol. The molecule has 0 aliphatic heterocycles. The predicted molar refractivity (Wildman–Crippen MR) is 58.6 cm³/mol. The molecule has 80 valence electrons. The molecular formula is C10H9N5O. The van der Waals surface area contributed by atoms with Crippen LogP contribution in [0.25, 0.3) is 0 Å². The summed E-state index contributed by atoms with van der Waals surface area (Å²) >= 11 is 0. The largest absolute Gasteiger partial charge is 0.397 e. The van der Waals surface area contributed by atoms with Crippen molar-refractivity contribution in [3.05, 3.63) is 42.6 Å². The molecule has 3 N–H and O–H groups in total. The maximum atomic E-state index is 11.7. The van der Waals surface area contributed by atoms with E-state index in [1.807, 2.05) is 0 Å². The third kappa shape index (κ3) is 2.30. The fraction of sp³-hybridized carbons (Fsp3) is 0. The number of amides is 1. The van der Waals surface area contributed by atoms with Gasteiger partial charge in [0.2, 0.25) is 0 Å². The monoisotopic (exact) mass is 215 g/mol. The smallest absolute Gasteiger partial charge is 0.258 e. The molecule has 2 rings (SSSR count). The zero-order chi connectivity index (χ0) is 11.4. The topological polar surface area (TPSA) is 93.8 Å². The van der Waals surface area contributed by atoms with Crippen LogP contribution in [0, 0.1) is 0 Å². The van der Waals surface area contributed by atoms with Crippen molar-refractivity contribution in [3.63, 3.8) is 0 Å². The Morgan fingerprint density at radius 3 is 2.88 bits per heavy atom. The first kappa shape index (κ1) is 10.0. The summed E-state index contributed by atoms with van der Waals surface area (Å²) in [6.45, 7) is 0. The van der Waals surface area contributed by atoms with E-state index in [1.165, 1.54) is 18.7 Å². The molecule has 0 aromatic carbocycles. The molecule has 0 radical (unpaired) electrons. The van der Waals surface area contributed by atoms with Crippen molar-refractivity contribution in [1.29, 1.82) is 0 Å². The Labute approximate surface area is 91.6 Å². The molecule has 2 aromatic rings. The number of pyridine rings is 1. The third-order valence-electron chi connectivity index (χ3n) is 1.85. The summed E-state index contributed by atoms with van der Waals surface area (Å²) in [5.41, 5.74) is 6.35. The average Bonchev–Trinajstić information content (AvgIpc) is 2.30. The highest BCUT2D eigenvalue weighted by molar-refractivity contribution is 6.03. The molecule has 2 heterocycles. The Morgan fingerprint density at radius 2 is 2.19 bits per heavy atom. The normalized spacial score (nSPS) is 9.75. The van der Waals surface area contributed by atoms with E-state index in [2.05, 4.69) is 20.3 Å². The number of hydrogen-bond donors (Lipinski definition) is 2. The Kier molecular flexibility index (Phi) is 2.73. The minimum absolute atomic E-state index is 0.307. The molecule has 16 heavy (non-hydrogen) atoms. The van der Waals surface area contributed by atoms with Crippen LogP contribution in [0.5, 0.6) is 0 Å². The Bertz CT molecular complexity index is 500. The fourth-order valence-corrected chi connectivity index (χ4v) is 1.14. The molecule has 0 atom stereocenters. The van der Waals surface area contributed by atoms with Crippen LogP contribution in [0.1, 0.15) is 10.4 Å². The summed E-state index contributed by atoms with van der Waals surface area (Å²) in [6.07, 6.45) is 5.81. The Morgan fingerprint density at radius 1 is 1.31 bits per heavy atom. The number of rotatable bonds is 2. The van der Waals surface area contributed by atoms with Gasteiger partial charge in [-0.3, -0.25) is 9.78 Å². The molecule has 2 aromatic heterocycles. The minimum atomic E-state index is -0.307. The summed E-state index contributed by atoms with van der Waals surface area (Å²) in [7, 11) is 0. The van der Waals surface area contributed by atoms with E-state index in [4.69, 9.17) is 5.73 Å². The molecule has 1 amide bonds. The number of aromatic nitrogens is 3. The van der Waals surface area contributed by atoms with Gasteiger partial charge in [-0.05, 0) is 12.1 Å². The molecule has 0 bridgehead atoms. The second kappa shape index (κ2) is 4.35. The quantitative estimate of drug-likeness (QED) is 0.769. The molecule has 0 saturated carbocycles. The van der Waals surface area contributed by atoms with Crippen LogP contribution in [-0.4, -0.2) is 20.9 Å². The van der Waals surface area contributed by atoms with Crippen LogP contribution in [-0.2, 0) is 0 Å². The van der Waals surface area contributed by atoms with Crippen LogP contribution < -0.4 is 11.1 Å². The van der Waals surface area contributed by atoms with Crippen molar-refractivity contribution in [2.24, 2.45) is 0 Å². The maximum absolute atomic E-state index is 11.7. The van der Waals surface area contributed by atoms with Crippen molar-refractivity contribution in [2.45, 2.75) is 0 Å². The molecule has 0 spiro atoms. The minimum Gasteiger partial charge on any atom is -0.397 e. The number of anilines is 2. The number of nitrogen functional groups attached to an aromatic ring is 1. The van der Waals surface area contributed by atoms with Gasteiger partial charge in [-0.1, -0.05) is 0 Å². The van der Waals surface area contributed by atoms with E-state index >= 15 is 0 Å². The van der Waals surface area contributed by atoms with Gasteiger partial charge in [0.05, 0.1) is 11.3 Å². The summed E-state index contributed by atoms with van der Waals surface area (Å²) in [4.78, 5) is 23.1. The van der Waals surface area contributed by atoms with Gasteiger partial charge in [0.25, 0.3) is 5.91 Å². The second-order valence-electron chi connectivity index (χ2n) is 3.06. The predicted octanol–water partition coefficient (Wildman–Crippen LogP) is 0.706. The molecule has 0 saturated heterocycles. The third-order valence-corrected chi connectivity index (χ3v) is 1.85. The van der Waals surface area contributed by atoms with E-state index in [0.29, 0.717) is 17.1 Å². The molecule has 6 heteroatoms. The summed E-state index contributed by atoms with van der Waals surface area (Å²) in [5.74, 6) is 0.126. The first-order valence-electron chi connectivity index (χ1n) is 4.53. The number of nitrogens with two attached hydrogens (primary N) is 1. The number of hydrogen-bond acceptors (Lipinski definition) is 5.